The Morgan fingerprint density at radius 3 is 2.93 bits per heavy atom. The van der Waals surface area contributed by atoms with Gasteiger partial charge in [0.2, 0.25) is 0 Å². The van der Waals surface area contributed by atoms with Crippen LogP contribution >= 0.6 is 0 Å². The van der Waals surface area contributed by atoms with E-state index in [9.17, 15) is 0 Å². The van der Waals surface area contributed by atoms with Crippen LogP contribution in [0.5, 0.6) is 0 Å². The predicted molar refractivity (Wildman–Crippen MR) is 63.9 cm³/mol. The van der Waals surface area contributed by atoms with E-state index in [4.69, 9.17) is 13.7 Å². The zero-order valence-corrected chi connectivity index (χ0v) is 8.10. The predicted octanol–water partition coefficient (Wildman–Crippen LogP) is 3.67. The molecule has 1 aromatic carbocycles. The number of aryl methyl sites for hydroxylation is 1. The molecule has 0 fully saturated rings. The molecular formula is C14H15N. The van der Waals surface area contributed by atoms with Crippen LogP contribution in [-0.4, -0.2) is 4.98 Å². The van der Waals surface area contributed by atoms with Crippen LogP contribution < -0.4 is 0 Å². The molecule has 1 heterocycles. The Hall–Kier alpha value is -1.63. The average Bonchev–Trinajstić information content (AvgIpc) is 2.43. The number of aromatic nitrogens is 1. The van der Waals surface area contributed by atoms with Gasteiger partial charge in [0, 0.05) is 20.0 Å². The van der Waals surface area contributed by atoms with Crippen LogP contribution in [-0.2, 0) is 0 Å². The highest BCUT2D eigenvalue weighted by atomic mass is 14.7. The SMILES string of the molecule is [2H]c1cc(-c2ncc(C([2H])([2H])[2H])c(C)c2[2H])c([2H])c([2H])c1C([2H])([2H])[2H]. The molecular weight excluding hydrogens is 182 g/mol. The Morgan fingerprint density at radius 2 is 2.13 bits per heavy atom. The Kier molecular flexibility index (Phi) is 0.885. The number of hydrogen-bond acceptors (Lipinski definition) is 1. The van der Waals surface area contributed by atoms with Crippen molar-refractivity contribution in [1.82, 2.24) is 4.98 Å². The summed E-state index contributed by atoms with van der Waals surface area (Å²) < 4.78 is 76.5. The maximum Gasteiger partial charge on any atom is 0.0704 e. The van der Waals surface area contributed by atoms with Crippen molar-refractivity contribution in [1.29, 1.82) is 0 Å². The molecule has 0 amide bonds. The van der Waals surface area contributed by atoms with Crippen molar-refractivity contribution in [3.63, 3.8) is 0 Å². The van der Waals surface area contributed by atoms with E-state index in [2.05, 4.69) is 4.98 Å². The lowest BCUT2D eigenvalue weighted by Crippen LogP contribution is -1.88. The molecule has 0 saturated heterocycles. The van der Waals surface area contributed by atoms with Crippen LogP contribution in [0.25, 0.3) is 11.3 Å². The van der Waals surface area contributed by atoms with Gasteiger partial charge in [-0.3, -0.25) is 4.98 Å². The highest BCUT2D eigenvalue weighted by Gasteiger charge is 2.00. The van der Waals surface area contributed by atoms with Crippen molar-refractivity contribution in [2.75, 3.05) is 0 Å². The third-order valence-electron chi connectivity index (χ3n) is 1.97. The Morgan fingerprint density at radius 1 is 1.20 bits per heavy atom. The highest BCUT2D eigenvalue weighted by Crippen LogP contribution is 2.19. The second-order valence-corrected chi connectivity index (χ2v) is 3.10. The molecule has 0 radical (unpaired) electrons. The molecule has 0 bridgehead atoms. The minimum atomic E-state index is -2.71. The molecule has 0 saturated carbocycles. The minimum absolute atomic E-state index is 0.0480. The molecule has 1 aromatic heterocycles. The van der Waals surface area contributed by atoms with Crippen molar-refractivity contribution in [2.24, 2.45) is 0 Å². The standard InChI is InChI=1S/C14H15N/c1-10-4-6-13(7-5-10)14-8-11(2)12(3)9-15-14/h4-9H,1-3H3/i1D3,3D3,4D,5D,6D,8D. The summed E-state index contributed by atoms with van der Waals surface area (Å²) in [6.45, 7) is -3.71. The van der Waals surface area contributed by atoms with Gasteiger partial charge in [-0.2, -0.15) is 0 Å². The molecule has 2 aromatic rings. The first-order valence-electron chi connectivity index (χ1n) is 9.35. The Balaban J connectivity index is 2.75. The molecule has 0 atom stereocenters. The van der Waals surface area contributed by atoms with Gasteiger partial charge in [-0.05, 0) is 37.8 Å². The van der Waals surface area contributed by atoms with Gasteiger partial charge in [-0.15, -0.1) is 0 Å². The van der Waals surface area contributed by atoms with Crippen molar-refractivity contribution < 1.29 is 13.7 Å². The zero-order chi connectivity index (χ0) is 19.3. The maximum absolute atomic E-state index is 8.14. The van der Waals surface area contributed by atoms with E-state index in [1.807, 2.05) is 0 Å². The van der Waals surface area contributed by atoms with E-state index in [0.717, 1.165) is 12.3 Å². The number of pyridine rings is 1. The van der Waals surface area contributed by atoms with Gasteiger partial charge in [-0.1, -0.05) is 29.8 Å². The van der Waals surface area contributed by atoms with Crippen LogP contribution in [0.15, 0.2) is 36.4 Å². The largest absolute Gasteiger partial charge is 0.256 e. The van der Waals surface area contributed by atoms with E-state index in [1.54, 1.807) is 0 Å². The summed E-state index contributed by atoms with van der Waals surface area (Å²) >= 11 is 0. The van der Waals surface area contributed by atoms with Gasteiger partial charge < -0.3 is 0 Å². The van der Waals surface area contributed by atoms with Gasteiger partial charge >= 0.3 is 0 Å². The first-order chi connectivity index (χ1) is 11.3. The summed E-state index contributed by atoms with van der Waals surface area (Å²) in [6.07, 6.45) is 1.08. The third-order valence-corrected chi connectivity index (χ3v) is 1.97. The van der Waals surface area contributed by atoms with E-state index in [0.29, 0.717) is 0 Å². The van der Waals surface area contributed by atoms with Gasteiger partial charge in [0.05, 0.1) is 11.2 Å². The van der Waals surface area contributed by atoms with Crippen LogP contribution in [0.1, 0.15) is 30.4 Å². The molecule has 0 spiro atoms. The zero-order valence-electron chi connectivity index (χ0n) is 18.1. The molecule has 76 valence electrons. The van der Waals surface area contributed by atoms with Crippen LogP contribution in [0.2, 0.25) is 0 Å². The number of hydrogen-bond donors (Lipinski definition) is 0. The van der Waals surface area contributed by atoms with Crippen LogP contribution in [0, 0.1) is 20.6 Å². The first kappa shape index (κ1) is 3.44. The molecule has 0 aliphatic rings. The molecule has 1 heteroatoms. The van der Waals surface area contributed by atoms with Crippen molar-refractivity contribution in [2.45, 2.75) is 20.6 Å². The van der Waals surface area contributed by atoms with Gasteiger partial charge in [0.1, 0.15) is 0 Å². The number of benzene rings is 1. The van der Waals surface area contributed by atoms with Gasteiger partial charge in [-0.25, -0.2) is 0 Å². The first-order valence-corrected chi connectivity index (χ1v) is 4.35. The summed E-state index contributed by atoms with van der Waals surface area (Å²) in [4.78, 5) is 3.94. The normalized spacial score (nSPS) is 21.7. The fourth-order valence-electron chi connectivity index (χ4n) is 1.11. The Labute approximate surface area is 105 Å². The summed E-state index contributed by atoms with van der Waals surface area (Å²) in [5.74, 6) is 0. The van der Waals surface area contributed by atoms with E-state index >= 15 is 0 Å². The molecule has 2 rings (SSSR count). The summed E-state index contributed by atoms with van der Waals surface area (Å²) in [7, 11) is 0. The molecule has 0 N–H and O–H groups in total. The van der Waals surface area contributed by atoms with Crippen molar-refractivity contribution in [3.8, 4) is 11.3 Å². The second-order valence-electron chi connectivity index (χ2n) is 3.10. The maximum atomic E-state index is 8.14. The number of rotatable bonds is 1. The van der Waals surface area contributed by atoms with E-state index < -0.39 is 37.4 Å². The van der Waals surface area contributed by atoms with Gasteiger partial charge in [0.25, 0.3) is 0 Å². The molecule has 1 nitrogen and oxygen atoms in total. The smallest absolute Gasteiger partial charge is 0.0704 e. The van der Waals surface area contributed by atoms with Crippen LogP contribution in [0.4, 0.5) is 0 Å². The van der Waals surface area contributed by atoms with Crippen LogP contribution in [0.3, 0.4) is 0 Å². The Bertz CT molecular complexity index is 835. The highest BCUT2D eigenvalue weighted by molar-refractivity contribution is 5.60. The molecule has 15 heavy (non-hydrogen) atoms. The fraction of sp³-hybridized carbons (Fsp3) is 0.214. The summed E-state index contributed by atoms with van der Waals surface area (Å²) in [5, 5.41) is 0. The van der Waals surface area contributed by atoms with E-state index in [-0.39, 0.29) is 28.4 Å². The summed E-state index contributed by atoms with van der Waals surface area (Å²) in [6, 6.07) is -0.695. The average molecular weight is 207 g/mol. The molecule has 0 unspecified atom stereocenters. The topological polar surface area (TPSA) is 12.9 Å². The monoisotopic (exact) mass is 207 g/mol. The lowest BCUT2D eigenvalue weighted by Gasteiger charge is -2.04. The van der Waals surface area contributed by atoms with E-state index in [1.165, 1.54) is 6.92 Å². The molecule has 0 aliphatic carbocycles. The summed E-state index contributed by atoms with van der Waals surface area (Å²) in [5.41, 5.74) is -0.585. The lowest BCUT2D eigenvalue weighted by molar-refractivity contribution is 1.22. The lowest BCUT2D eigenvalue weighted by atomic mass is 10.1. The number of nitrogens with zero attached hydrogens (tertiary/aromatic N) is 1. The van der Waals surface area contributed by atoms with Gasteiger partial charge in [0.15, 0.2) is 0 Å². The third kappa shape index (κ3) is 2.07. The second kappa shape index (κ2) is 3.85. The minimum Gasteiger partial charge on any atom is -0.256 e. The van der Waals surface area contributed by atoms with Crippen molar-refractivity contribution >= 4 is 0 Å². The van der Waals surface area contributed by atoms with Crippen molar-refractivity contribution in [3.05, 3.63) is 53.1 Å². The quantitative estimate of drug-likeness (QED) is 0.695. The molecule has 0 aliphatic heterocycles. The fourth-order valence-corrected chi connectivity index (χ4v) is 1.11.